The third-order valence-electron chi connectivity index (χ3n) is 8.26. The summed E-state index contributed by atoms with van der Waals surface area (Å²) in [5.74, 6) is 0.402. The number of rotatable bonds is 20. The molecule has 3 aromatic heterocycles. The highest BCUT2D eigenvalue weighted by atomic mass is 32.2. The number of anilines is 7. The van der Waals surface area contributed by atoms with Gasteiger partial charge in [-0.2, -0.15) is 23.4 Å². The Hall–Kier alpha value is -5.12. The van der Waals surface area contributed by atoms with Crippen molar-refractivity contribution in [2.45, 2.75) is 32.6 Å². The summed E-state index contributed by atoms with van der Waals surface area (Å²) in [4.78, 5) is 19.7. The third kappa shape index (κ3) is 10.8. The third-order valence-corrected chi connectivity index (χ3v) is 10.8. The minimum Gasteiger partial charge on any atom is -0.395 e. The molecule has 3 heterocycles. The van der Waals surface area contributed by atoms with Crippen LogP contribution in [0.4, 0.5) is 62.0 Å². The Labute approximate surface area is 327 Å². The fourth-order valence-corrected chi connectivity index (χ4v) is 7.69. The van der Waals surface area contributed by atoms with E-state index in [2.05, 4.69) is 64.7 Å². The zero-order valence-corrected chi connectivity index (χ0v) is 33.3. The molecular formula is C35H44N12O5S3. The van der Waals surface area contributed by atoms with E-state index in [1.807, 2.05) is 61.7 Å². The molecule has 5 rings (SSSR count). The van der Waals surface area contributed by atoms with E-state index in [0.717, 1.165) is 53.9 Å². The van der Waals surface area contributed by atoms with Gasteiger partial charge in [0.1, 0.15) is 21.3 Å². The number of aromatic nitrogens is 3. The van der Waals surface area contributed by atoms with Crippen LogP contribution in [0.5, 0.6) is 0 Å². The first-order chi connectivity index (χ1) is 26.6. The summed E-state index contributed by atoms with van der Waals surface area (Å²) in [6.45, 7) is 11.1. The molecule has 292 valence electrons. The van der Waals surface area contributed by atoms with E-state index in [4.69, 9.17) is 4.98 Å². The topological polar surface area (TPSA) is 217 Å². The van der Waals surface area contributed by atoms with Crippen LogP contribution in [0.15, 0.2) is 90.7 Å². The van der Waals surface area contributed by atoms with Crippen molar-refractivity contribution >= 4 is 94.8 Å². The van der Waals surface area contributed by atoms with Crippen LogP contribution in [-0.4, -0.2) is 90.6 Å². The molecule has 0 saturated heterocycles. The Kier molecular flexibility index (Phi) is 14.5. The summed E-state index contributed by atoms with van der Waals surface area (Å²) < 4.78 is 33.5. The average molecular weight is 809 g/mol. The molecule has 0 fully saturated rings. The summed E-state index contributed by atoms with van der Waals surface area (Å²) in [7, 11) is -4.51. The van der Waals surface area contributed by atoms with E-state index in [0.29, 0.717) is 22.7 Å². The van der Waals surface area contributed by atoms with Crippen molar-refractivity contribution in [2.24, 2.45) is 20.5 Å². The maximum absolute atomic E-state index is 11.9. The van der Waals surface area contributed by atoms with Gasteiger partial charge in [0.05, 0.1) is 24.6 Å². The highest BCUT2D eigenvalue weighted by Crippen LogP contribution is 2.38. The van der Waals surface area contributed by atoms with Gasteiger partial charge in [-0.05, 0) is 93.1 Å². The predicted molar refractivity (Wildman–Crippen MR) is 220 cm³/mol. The average Bonchev–Trinajstić information content (AvgIpc) is 3.88. The number of thiophene rings is 2. The Morgan fingerprint density at radius 2 is 1.22 bits per heavy atom. The number of nitrogens with one attached hydrogen (secondary N) is 2. The van der Waals surface area contributed by atoms with Crippen molar-refractivity contribution < 1.29 is 23.2 Å². The molecule has 5 aromatic rings. The maximum atomic E-state index is 11.9. The molecule has 0 aliphatic heterocycles. The highest BCUT2D eigenvalue weighted by molar-refractivity contribution is 7.86. The lowest BCUT2D eigenvalue weighted by atomic mass is 10.2. The Morgan fingerprint density at radius 1 is 0.673 bits per heavy atom. The van der Waals surface area contributed by atoms with Crippen LogP contribution < -0.4 is 25.3 Å². The fraction of sp³-hybridized carbons (Fsp3) is 0.343. The number of aliphatic hydroxyl groups excluding tert-OH is 2. The van der Waals surface area contributed by atoms with E-state index in [1.54, 1.807) is 11.0 Å². The molecule has 0 atom stereocenters. The van der Waals surface area contributed by atoms with Gasteiger partial charge >= 0.3 is 0 Å². The van der Waals surface area contributed by atoms with E-state index < -0.39 is 10.1 Å². The Morgan fingerprint density at radius 3 is 1.69 bits per heavy atom. The van der Waals surface area contributed by atoms with Crippen LogP contribution in [0.2, 0.25) is 0 Å². The van der Waals surface area contributed by atoms with Gasteiger partial charge in [-0.15, -0.1) is 43.1 Å². The SMILES string of the molecule is CCN(CC)c1ccc(/N=N/c2cccs2)c(Nc2nc(Nc3cc(N(CC)CC)ccc3/N=N/c3sccc3S(=O)(=O)O)nc(N(CCO)CCO)n2)c1. The lowest BCUT2D eigenvalue weighted by molar-refractivity contribution is 0.280. The first kappa shape index (κ1) is 41.1. The molecule has 0 radical (unpaired) electrons. The molecule has 2 aromatic carbocycles. The number of aliphatic hydroxyl groups is 2. The van der Waals surface area contributed by atoms with Crippen molar-refractivity contribution in [2.75, 3.05) is 77.8 Å². The summed E-state index contributed by atoms with van der Waals surface area (Å²) in [5.41, 5.74) is 3.69. The molecule has 0 aliphatic rings. The van der Waals surface area contributed by atoms with Crippen molar-refractivity contribution in [1.82, 2.24) is 15.0 Å². The minimum atomic E-state index is -4.51. The van der Waals surface area contributed by atoms with Gasteiger partial charge in [-0.1, -0.05) is 0 Å². The van der Waals surface area contributed by atoms with Crippen molar-refractivity contribution in [3.05, 3.63) is 65.4 Å². The molecule has 55 heavy (non-hydrogen) atoms. The maximum Gasteiger partial charge on any atom is 0.297 e. The molecule has 0 bridgehead atoms. The first-order valence-electron chi connectivity index (χ1n) is 17.6. The summed E-state index contributed by atoms with van der Waals surface area (Å²) >= 11 is 2.48. The van der Waals surface area contributed by atoms with Gasteiger partial charge in [0.2, 0.25) is 17.8 Å². The van der Waals surface area contributed by atoms with Gasteiger partial charge in [-0.3, -0.25) is 4.55 Å². The number of hydrogen-bond donors (Lipinski definition) is 5. The largest absolute Gasteiger partial charge is 0.395 e. The molecule has 0 saturated carbocycles. The van der Waals surface area contributed by atoms with Crippen molar-refractivity contribution in [3.63, 3.8) is 0 Å². The highest BCUT2D eigenvalue weighted by Gasteiger charge is 2.19. The Balaban J connectivity index is 1.62. The normalized spacial score (nSPS) is 11.8. The van der Waals surface area contributed by atoms with Gasteiger partial charge in [-0.25, -0.2) is 0 Å². The zero-order valence-electron chi connectivity index (χ0n) is 30.9. The van der Waals surface area contributed by atoms with Crippen LogP contribution in [0.1, 0.15) is 27.7 Å². The number of hydrogen-bond acceptors (Lipinski definition) is 18. The van der Waals surface area contributed by atoms with E-state index in [9.17, 15) is 23.2 Å². The standard InChI is InChI=1S/C35H44N12O5S3/c1-5-45(6-2)24-11-13-26(41-43-31-10-9-20-53-31)28(22-24)36-33-38-34(40-35(39-33)47(16-18-48)17-19-49)37-29-23-25(46(7-3)8-4)12-14-27(29)42-44-32-30(15-21-54-32)55(50,51)52/h9-15,20-23,48-49H,5-8,16-19H2,1-4H3,(H,50,51,52)(H2,36,37,38,39,40)/b43-41+,44-42+. The van der Waals surface area contributed by atoms with Crippen LogP contribution in [0.25, 0.3) is 0 Å². The van der Waals surface area contributed by atoms with E-state index in [1.165, 1.54) is 22.8 Å². The number of azo groups is 2. The number of benzene rings is 2. The van der Waals surface area contributed by atoms with Crippen molar-refractivity contribution in [1.29, 1.82) is 0 Å². The second-order valence-electron chi connectivity index (χ2n) is 11.6. The molecule has 0 spiro atoms. The van der Waals surface area contributed by atoms with Crippen LogP contribution in [0.3, 0.4) is 0 Å². The van der Waals surface area contributed by atoms with Gasteiger partial charge in [0, 0.05) is 50.6 Å². The number of nitrogens with zero attached hydrogens (tertiary/aromatic N) is 10. The smallest absolute Gasteiger partial charge is 0.297 e. The quantitative estimate of drug-likeness (QED) is 0.0372. The van der Waals surface area contributed by atoms with Gasteiger partial charge in [0.25, 0.3) is 10.1 Å². The summed E-state index contributed by atoms with van der Waals surface area (Å²) in [6, 6.07) is 16.3. The van der Waals surface area contributed by atoms with Crippen LogP contribution in [-0.2, 0) is 10.1 Å². The molecule has 5 N–H and O–H groups in total. The fourth-order valence-electron chi connectivity index (χ4n) is 5.49. The van der Waals surface area contributed by atoms with E-state index >= 15 is 0 Å². The summed E-state index contributed by atoms with van der Waals surface area (Å²) in [6.07, 6.45) is 0. The minimum absolute atomic E-state index is 0.0119. The van der Waals surface area contributed by atoms with Crippen LogP contribution >= 0.6 is 22.7 Å². The second-order valence-corrected chi connectivity index (χ2v) is 14.8. The predicted octanol–water partition coefficient (Wildman–Crippen LogP) is 8.04. The molecule has 0 aliphatic carbocycles. The molecule has 20 heteroatoms. The molecule has 0 unspecified atom stereocenters. The Bertz CT molecular complexity index is 2170. The molecule has 17 nitrogen and oxygen atoms in total. The molecular weight excluding hydrogens is 765 g/mol. The first-order valence-corrected chi connectivity index (χ1v) is 20.8. The van der Waals surface area contributed by atoms with E-state index in [-0.39, 0.29) is 54.0 Å². The lowest BCUT2D eigenvalue weighted by Crippen LogP contribution is -2.31. The van der Waals surface area contributed by atoms with Gasteiger partial charge < -0.3 is 35.5 Å². The zero-order chi connectivity index (χ0) is 39.4. The lowest BCUT2D eigenvalue weighted by Gasteiger charge is -2.24. The van der Waals surface area contributed by atoms with Crippen LogP contribution in [0, 0.1) is 0 Å². The second kappa shape index (κ2) is 19.5. The van der Waals surface area contributed by atoms with Gasteiger partial charge in [0.15, 0.2) is 5.00 Å². The summed E-state index contributed by atoms with van der Waals surface area (Å²) in [5, 5.41) is 48.0. The monoisotopic (exact) mass is 808 g/mol. The van der Waals surface area contributed by atoms with Crippen molar-refractivity contribution in [3.8, 4) is 0 Å². The molecule has 0 amide bonds.